The first-order valence-corrected chi connectivity index (χ1v) is 7.41. The van der Waals surface area contributed by atoms with Crippen LogP contribution in [0.25, 0.3) is 0 Å². The zero-order chi connectivity index (χ0) is 14.9. The van der Waals surface area contributed by atoms with E-state index < -0.39 is 10.0 Å². The van der Waals surface area contributed by atoms with Gasteiger partial charge in [-0.2, -0.15) is 0 Å². The zero-order valence-corrected chi connectivity index (χ0v) is 12.0. The number of anilines is 2. The van der Waals surface area contributed by atoms with Crippen LogP contribution >= 0.6 is 0 Å². The fourth-order valence-corrected chi connectivity index (χ4v) is 2.71. The number of nitrogens with two attached hydrogens (primary N) is 2. The summed E-state index contributed by atoms with van der Waals surface area (Å²) in [6.45, 7) is 3.85. The highest BCUT2D eigenvalue weighted by Gasteiger charge is 2.15. The van der Waals surface area contributed by atoms with Crippen LogP contribution in [-0.2, 0) is 16.6 Å². The number of nitrogen functional groups attached to an aromatic ring is 1. The summed E-state index contributed by atoms with van der Waals surface area (Å²) >= 11 is 0. The average molecular weight is 296 g/mol. The number of aryl methyl sites for hydroxylation is 1. The van der Waals surface area contributed by atoms with Gasteiger partial charge in [-0.25, -0.2) is 13.6 Å². The van der Waals surface area contributed by atoms with E-state index in [-0.39, 0.29) is 4.90 Å². The minimum absolute atomic E-state index is 0.0105. The summed E-state index contributed by atoms with van der Waals surface area (Å²) in [5.41, 5.74) is 7.84. The minimum Gasteiger partial charge on any atom is -0.399 e. The molecular weight excluding hydrogens is 280 g/mol. The van der Waals surface area contributed by atoms with E-state index >= 15 is 0 Å². The van der Waals surface area contributed by atoms with Gasteiger partial charge in [0.15, 0.2) is 0 Å². The molecule has 0 spiro atoms. The van der Waals surface area contributed by atoms with Gasteiger partial charge in [-0.05, 0) is 31.5 Å². The summed E-state index contributed by atoms with van der Waals surface area (Å²) in [5, 5.41) is 12.1. The monoisotopic (exact) mass is 296 g/mol. The van der Waals surface area contributed by atoms with Gasteiger partial charge < -0.3 is 15.6 Å². The smallest absolute Gasteiger partial charge is 0.238 e. The normalized spacial score (nSPS) is 11.6. The summed E-state index contributed by atoms with van der Waals surface area (Å²) in [6.07, 6.45) is 0. The first-order chi connectivity index (χ1) is 9.27. The standard InChI is InChI=1S/C12H16N4O3S/c1-7-3-10(16-19-7)6-15-11-4-9(13)5-12(8(11)2)20(14,17)18/h3-5,15H,6,13H2,1-2H3,(H2,14,17,18). The van der Waals surface area contributed by atoms with Crippen LogP contribution in [0.2, 0.25) is 0 Å². The van der Waals surface area contributed by atoms with E-state index in [0.717, 1.165) is 0 Å². The SMILES string of the molecule is Cc1cc(CNc2cc(N)cc(S(N)(=O)=O)c2C)no1. The number of hydrogen-bond acceptors (Lipinski definition) is 6. The van der Waals surface area contributed by atoms with E-state index in [9.17, 15) is 8.42 Å². The second-order valence-electron chi connectivity index (χ2n) is 4.52. The highest BCUT2D eigenvalue weighted by atomic mass is 32.2. The quantitative estimate of drug-likeness (QED) is 0.726. The number of aromatic nitrogens is 1. The molecule has 1 aromatic carbocycles. The highest BCUT2D eigenvalue weighted by Crippen LogP contribution is 2.26. The van der Waals surface area contributed by atoms with Crippen LogP contribution in [0.4, 0.5) is 11.4 Å². The maximum atomic E-state index is 11.5. The Hall–Kier alpha value is -2.06. The van der Waals surface area contributed by atoms with Crippen LogP contribution in [0, 0.1) is 13.8 Å². The van der Waals surface area contributed by atoms with Gasteiger partial charge in [0.2, 0.25) is 10.0 Å². The van der Waals surface area contributed by atoms with Gasteiger partial charge in [-0.15, -0.1) is 0 Å². The fraction of sp³-hybridized carbons (Fsp3) is 0.250. The molecule has 1 aromatic heterocycles. The molecule has 2 rings (SSSR count). The second kappa shape index (κ2) is 5.14. The van der Waals surface area contributed by atoms with Crippen molar-refractivity contribution in [1.29, 1.82) is 0 Å². The lowest BCUT2D eigenvalue weighted by atomic mass is 10.1. The van der Waals surface area contributed by atoms with E-state index in [0.29, 0.717) is 34.9 Å². The van der Waals surface area contributed by atoms with Gasteiger partial charge in [0, 0.05) is 17.4 Å². The summed E-state index contributed by atoms with van der Waals surface area (Å²) in [7, 11) is -3.81. The number of hydrogen-bond donors (Lipinski definition) is 3. The Balaban J connectivity index is 2.30. The molecule has 8 heteroatoms. The van der Waals surface area contributed by atoms with Gasteiger partial charge in [0.25, 0.3) is 0 Å². The van der Waals surface area contributed by atoms with E-state index in [1.54, 1.807) is 26.0 Å². The van der Waals surface area contributed by atoms with Crippen molar-refractivity contribution in [3.8, 4) is 0 Å². The van der Waals surface area contributed by atoms with Crippen molar-refractivity contribution < 1.29 is 12.9 Å². The maximum absolute atomic E-state index is 11.5. The summed E-state index contributed by atoms with van der Waals surface area (Å²) in [4.78, 5) is 0.0105. The Kier molecular flexibility index (Phi) is 3.69. The van der Waals surface area contributed by atoms with Crippen LogP contribution in [0.5, 0.6) is 0 Å². The average Bonchev–Trinajstić information content (AvgIpc) is 2.74. The third kappa shape index (κ3) is 3.09. The molecule has 7 nitrogen and oxygen atoms in total. The van der Waals surface area contributed by atoms with Gasteiger partial charge in [-0.3, -0.25) is 0 Å². The largest absolute Gasteiger partial charge is 0.399 e. The molecule has 5 N–H and O–H groups in total. The molecule has 20 heavy (non-hydrogen) atoms. The molecule has 0 unspecified atom stereocenters. The van der Waals surface area contributed by atoms with Gasteiger partial charge >= 0.3 is 0 Å². The molecule has 0 saturated carbocycles. The number of nitrogens with zero attached hydrogens (tertiary/aromatic N) is 1. The molecule has 0 amide bonds. The molecule has 108 valence electrons. The fourth-order valence-electron chi connectivity index (χ4n) is 1.88. The summed E-state index contributed by atoms with van der Waals surface area (Å²) in [6, 6.07) is 4.78. The van der Waals surface area contributed by atoms with Crippen LogP contribution in [0.15, 0.2) is 27.6 Å². The van der Waals surface area contributed by atoms with Crippen LogP contribution in [0.1, 0.15) is 17.0 Å². The lowest BCUT2D eigenvalue weighted by molar-refractivity contribution is 0.391. The molecule has 0 atom stereocenters. The topological polar surface area (TPSA) is 124 Å². The summed E-state index contributed by atoms with van der Waals surface area (Å²) < 4.78 is 28.0. The molecule has 0 radical (unpaired) electrons. The van der Waals surface area contributed by atoms with Crippen LogP contribution in [0.3, 0.4) is 0 Å². The first-order valence-electron chi connectivity index (χ1n) is 5.86. The Bertz CT molecular complexity index is 737. The third-order valence-electron chi connectivity index (χ3n) is 2.83. The predicted molar refractivity (Wildman–Crippen MR) is 75.5 cm³/mol. The molecule has 1 heterocycles. The Labute approximate surface area is 117 Å². The van der Waals surface area contributed by atoms with E-state index in [1.807, 2.05) is 0 Å². The van der Waals surface area contributed by atoms with Gasteiger partial charge in [-0.1, -0.05) is 5.16 Å². The lowest BCUT2D eigenvalue weighted by Crippen LogP contribution is -2.15. The molecule has 0 aliphatic carbocycles. The molecule has 0 bridgehead atoms. The third-order valence-corrected chi connectivity index (χ3v) is 3.86. The molecule has 0 fully saturated rings. The molecule has 0 aliphatic heterocycles. The number of nitrogens with one attached hydrogen (secondary N) is 1. The molecule has 2 aromatic rings. The Morgan fingerprint density at radius 3 is 2.55 bits per heavy atom. The lowest BCUT2D eigenvalue weighted by Gasteiger charge is -2.12. The molecule has 0 saturated heterocycles. The maximum Gasteiger partial charge on any atom is 0.238 e. The molecular formula is C12H16N4O3S. The second-order valence-corrected chi connectivity index (χ2v) is 6.05. The Morgan fingerprint density at radius 2 is 2.00 bits per heavy atom. The van der Waals surface area contributed by atoms with Crippen LogP contribution in [-0.4, -0.2) is 13.6 Å². The first kappa shape index (κ1) is 14.4. The van der Waals surface area contributed by atoms with Crippen molar-refractivity contribution in [2.45, 2.75) is 25.3 Å². The van der Waals surface area contributed by atoms with Crippen LogP contribution < -0.4 is 16.2 Å². The number of sulfonamides is 1. The minimum atomic E-state index is -3.81. The van der Waals surface area contributed by atoms with Crippen molar-refractivity contribution in [3.05, 3.63) is 35.2 Å². The Morgan fingerprint density at radius 1 is 1.30 bits per heavy atom. The number of benzene rings is 1. The van der Waals surface area contributed by atoms with Gasteiger partial charge in [0.05, 0.1) is 11.4 Å². The molecule has 0 aliphatic rings. The zero-order valence-electron chi connectivity index (χ0n) is 11.2. The van der Waals surface area contributed by atoms with Gasteiger partial charge in [0.1, 0.15) is 11.5 Å². The highest BCUT2D eigenvalue weighted by molar-refractivity contribution is 7.89. The predicted octanol–water partition coefficient (Wildman–Crippen LogP) is 1.13. The number of rotatable bonds is 4. The van der Waals surface area contributed by atoms with Crippen molar-refractivity contribution in [2.75, 3.05) is 11.1 Å². The summed E-state index contributed by atoms with van der Waals surface area (Å²) in [5.74, 6) is 0.705. The van der Waals surface area contributed by atoms with Crippen molar-refractivity contribution in [3.63, 3.8) is 0 Å². The van der Waals surface area contributed by atoms with E-state index in [1.165, 1.54) is 6.07 Å². The van der Waals surface area contributed by atoms with Crippen molar-refractivity contribution >= 4 is 21.4 Å². The van der Waals surface area contributed by atoms with Crippen molar-refractivity contribution in [2.24, 2.45) is 5.14 Å². The van der Waals surface area contributed by atoms with Crippen molar-refractivity contribution in [1.82, 2.24) is 5.16 Å². The van der Waals surface area contributed by atoms with E-state index in [2.05, 4.69) is 10.5 Å². The number of primary sulfonamides is 1. The van der Waals surface area contributed by atoms with E-state index in [4.69, 9.17) is 15.4 Å².